The highest BCUT2D eigenvalue weighted by Crippen LogP contribution is 2.33. The third kappa shape index (κ3) is 2.66. The van der Waals surface area contributed by atoms with Crippen molar-refractivity contribution < 1.29 is 0 Å². The zero-order valence-corrected chi connectivity index (χ0v) is 14.5. The molecular formula is C22H17N5. The Kier molecular flexibility index (Phi) is 3.33. The minimum Gasteiger partial charge on any atom is -0.399 e. The van der Waals surface area contributed by atoms with Gasteiger partial charge < -0.3 is 11.5 Å². The summed E-state index contributed by atoms with van der Waals surface area (Å²) >= 11 is 0. The van der Waals surface area contributed by atoms with Crippen LogP contribution in [0.4, 0.5) is 11.4 Å². The first kappa shape index (κ1) is 15.4. The number of allylic oxidation sites excluding steroid dienone is 5. The number of hydrogen-bond acceptors (Lipinski definition) is 5. The second-order valence-electron chi connectivity index (χ2n) is 6.54. The third-order valence-electron chi connectivity index (χ3n) is 4.67. The van der Waals surface area contributed by atoms with Gasteiger partial charge in [0.1, 0.15) is 0 Å². The van der Waals surface area contributed by atoms with E-state index in [1.165, 1.54) is 0 Å². The van der Waals surface area contributed by atoms with Gasteiger partial charge in [0.05, 0.1) is 22.8 Å². The average Bonchev–Trinajstić information content (AvgIpc) is 2.69. The van der Waals surface area contributed by atoms with E-state index >= 15 is 0 Å². The number of nitrogens with two attached hydrogens (primary N) is 2. The summed E-state index contributed by atoms with van der Waals surface area (Å²) in [7, 11) is 0. The summed E-state index contributed by atoms with van der Waals surface area (Å²) in [5.74, 6) is 0.657. The Hall–Kier alpha value is -3.86. The van der Waals surface area contributed by atoms with Crippen LogP contribution in [0.25, 0.3) is 5.70 Å². The summed E-state index contributed by atoms with van der Waals surface area (Å²) in [5.41, 5.74) is 18.9. The van der Waals surface area contributed by atoms with Crippen LogP contribution in [-0.4, -0.2) is 16.6 Å². The van der Waals surface area contributed by atoms with E-state index in [9.17, 15) is 0 Å². The Morgan fingerprint density at radius 2 is 1.37 bits per heavy atom. The molecule has 0 saturated heterocycles. The molecule has 3 aliphatic rings. The van der Waals surface area contributed by atoms with Gasteiger partial charge in [0.25, 0.3) is 0 Å². The molecule has 2 aromatic carbocycles. The Labute approximate surface area is 157 Å². The first-order chi connectivity index (χ1) is 13.2. The molecule has 0 bridgehead atoms. The SMILES string of the molecule is Nc1ccc(C2=CC3=CC=CC4=CC(c5ccc(N)cc5)=NC(=N2)N34)cc1. The third-order valence-corrected chi connectivity index (χ3v) is 4.67. The van der Waals surface area contributed by atoms with Crippen molar-refractivity contribution in [3.05, 3.63) is 101 Å². The molecule has 5 rings (SSSR count). The van der Waals surface area contributed by atoms with Gasteiger partial charge in [-0.2, -0.15) is 0 Å². The lowest BCUT2D eigenvalue weighted by atomic mass is 10.0. The molecule has 5 heteroatoms. The zero-order chi connectivity index (χ0) is 18.4. The summed E-state index contributed by atoms with van der Waals surface area (Å²) < 4.78 is 0. The van der Waals surface area contributed by atoms with Crippen LogP contribution in [0.2, 0.25) is 0 Å². The van der Waals surface area contributed by atoms with Gasteiger partial charge in [-0.05, 0) is 48.6 Å². The van der Waals surface area contributed by atoms with Crippen LogP contribution in [0.15, 0.2) is 100 Å². The van der Waals surface area contributed by atoms with Crippen molar-refractivity contribution in [2.75, 3.05) is 11.5 Å². The minimum atomic E-state index is 0.657. The van der Waals surface area contributed by atoms with Gasteiger partial charge >= 0.3 is 0 Å². The number of rotatable bonds is 2. The standard InChI is InChI=1S/C22H17N5/c23-16-8-4-14(5-9-16)20-12-18-2-1-3-19-13-21(26-22(25-20)27(18)19)15-6-10-17(24)11-7-15/h1-13H,23-24H2. The second kappa shape index (κ2) is 5.85. The predicted octanol–water partition coefficient (Wildman–Crippen LogP) is 3.70. The van der Waals surface area contributed by atoms with E-state index in [-0.39, 0.29) is 0 Å². The van der Waals surface area contributed by atoms with Gasteiger partial charge in [-0.1, -0.05) is 30.3 Å². The van der Waals surface area contributed by atoms with Crippen molar-refractivity contribution in [3.8, 4) is 0 Å². The van der Waals surface area contributed by atoms with Crippen molar-refractivity contribution in [2.45, 2.75) is 0 Å². The van der Waals surface area contributed by atoms with Crippen LogP contribution in [0.5, 0.6) is 0 Å². The summed E-state index contributed by atoms with van der Waals surface area (Å²) in [6.07, 6.45) is 10.3. The molecule has 27 heavy (non-hydrogen) atoms. The number of nitrogens with zero attached hydrogens (tertiary/aromatic N) is 3. The van der Waals surface area contributed by atoms with Gasteiger partial charge in [0.15, 0.2) is 0 Å². The number of benzene rings is 2. The lowest BCUT2D eigenvalue weighted by Gasteiger charge is -2.33. The summed E-state index contributed by atoms with van der Waals surface area (Å²) in [6.45, 7) is 0. The van der Waals surface area contributed by atoms with E-state index in [1.807, 2.05) is 54.6 Å². The van der Waals surface area contributed by atoms with E-state index < -0.39 is 0 Å². The molecule has 0 unspecified atom stereocenters. The number of hydrogen-bond donors (Lipinski definition) is 2. The molecule has 2 aromatic rings. The summed E-state index contributed by atoms with van der Waals surface area (Å²) in [4.78, 5) is 11.7. The molecule has 3 aliphatic heterocycles. The molecule has 0 radical (unpaired) electrons. The molecule has 0 saturated carbocycles. The van der Waals surface area contributed by atoms with Gasteiger partial charge in [0, 0.05) is 22.5 Å². The monoisotopic (exact) mass is 351 g/mol. The first-order valence-electron chi connectivity index (χ1n) is 8.68. The van der Waals surface area contributed by atoms with Crippen molar-refractivity contribution in [3.63, 3.8) is 0 Å². The average molecular weight is 351 g/mol. The van der Waals surface area contributed by atoms with Gasteiger partial charge in [0.2, 0.25) is 5.96 Å². The number of anilines is 2. The number of nitrogen functional groups attached to an aromatic ring is 2. The molecule has 3 heterocycles. The van der Waals surface area contributed by atoms with Crippen molar-refractivity contribution in [1.82, 2.24) is 4.90 Å². The Balaban J connectivity index is 1.63. The molecule has 4 N–H and O–H groups in total. The molecule has 0 atom stereocenters. The van der Waals surface area contributed by atoms with Crippen LogP contribution in [0.1, 0.15) is 11.1 Å². The molecule has 0 fully saturated rings. The van der Waals surface area contributed by atoms with Crippen molar-refractivity contribution in [1.29, 1.82) is 0 Å². The maximum atomic E-state index is 5.81. The van der Waals surface area contributed by atoms with Crippen molar-refractivity contribution in [2.24, 2.45) is 9.98 Å². The van der Waals surface area contributed by atoms with E-state index in [2.05, 4.69) is 29.2 Å². The lowest BCUT2D eigenvalue weighted by Crippen LogP contribution is -2.34. The molecule has 5 nitrogen and oxygen atoms in total. The maximum absolute atomic E-state index is 5.81. The van der Waals surface area contributed by atoms with Crippen molar-refractivity contribution >= 4 is 28.7 Å². The highest BCUT2D eigenvalue weighted by molar-refractivity contribution is 6.17. The topological polar surface area (TPSA) is 80.0 Å². The van der Waals surface area contributed by atoms with Crippen LogP contribution in [0.3, 0.4) is 0 Å². The van der Waals surface area contributed by atoms with Gasteiger partial charge in [-0.3, -0.25) is 4.90 Å². The molecule has 0 amide bonds. The van der Waals surface area contributed by atoms with E-state index in [0.29, 0.717) is 5.96 Å². The Morgan fingerprint density at radius 3 is 2.07 bits per heavy atom. The van der Waals surface area contributed by atoms with Crippen LogP contribution in [0, 0.1) is 0 Å². The molecular weight excluding hydrogens is 334 g/mol. The number of aliphatic imine (C=N–C) groups is 2. The van der Waals surface area contributed by atoms with Crippen LogP contribution in [-0.2, 0) is 0 Å². The quantitative estimate of drug-likeness (QED) is 0.810. The van der Waals surface area contributed by atoms with E-state index in [1.54, 1.807) is 0 Å². The molecule has 0 spiro atoms. The van der Waals surface area contributed by atoms with Crippen LogP contribution >= 0.6 is 0 Å². The summed E-state index contributed by atoms with van der Waals surface area (Å²) in [5, 5.41) is 0. The van der Waals surface area contributed by atoms with E-state index in [0.717, 1.165) is 45.3 Å². The fraction of sp³-hybridized carbons (Fsp3) is 0. The summed E-state index contributed by atoms with van der Waals surface area (Å²) in [6, 6.07) is 15.4. The predicted molar refractivity (Wildman–Crippen MR) is 111 cm³/mol. The minimum absolute atomic E-state index is 0.657. The van der Waals surface area contributed by atoms with E-state index in [4.69, 9.17) is 21.5 Å². The zero-order valence-electron chi connectivity index (χ0n) is 14.5. The fourth-order valence-electron chi connectivity index (χ4n) is 3.29. The highest BCUT2D eigenvalue weighted by atomic mass is 15.3. The van der Waals surface area contributed by atoms with Gasteiger partial charge in [-0.15, -0.1) is 0 Å². The first-order valence-corrected chi connectivity index (χ1v) is 8.68. The maximum Gasteiger partial charge on any atom is 0.235 e. The largest absolute Gasteiger partial charge is 0.399 e. The lowest BCUT2D eigenvalue weighted by molar-refractivity contribution is 0.648. The fourth-order valence-corrected chi connectivity index (χ4v) is 3.29. The Bertz CT molecular complexity index is 1060. The van der Waals surface area contributed by atoms with Crippen LogP contribution < -0.4 is 11.5 Å². The normalized spacial score (nSPS) is 17.3. The second-order valence-corrected chi connectivity index (χ2v) is 6.54. The molecule has 0 aromatic heterocycles. The molecule has 0 aliphatic carbocycles. The molecule has 130 valence electrons. The Morgan fingerprint density at radius 1 is 0.704 bits per heavy atom. The van der Waals surface area contributed by atoms with Gasteiger partial charge in [-0.25, -0.2) is 9.98 Å². The smallest absolute Gasteiger partial charge is 0.235 e. The number of guanidine groups is 1. The highest BCUT2D eigenvalue weighted by Gasteiger charge is 2.28.